The Balaban J connectivity index is 0.00000320. The predicted molar refractivity (Wildman–Crippen MR) is 128 cm³/mol. The van der Waals surface area contributed by atoms with Gasteiger partial charge in [-0.1, -0.05) is 0 Å². The lowest BCUT2D eigenvalue weighted by Gasteiger charge is -2.21. The molecule has 3 rings (SSSR count). The summed E-state index contributed by atoms with van der Waals surface area (Å²) in [7, 11) is 6.81. The molecule has 166 valence electrons. The lowest BCUT2D eigenvalue weighted by molar-refractivity contribution is 0.324. The fourth-order valence-electron chi connectivity index (χ4n) is 3.69. The van der Waals surface area contributed by atoms with Crippen molar-refractivity contribution in [3.63, 3.8) is 0 Å². The zero-order valence-corrected chi connectivity index (χ0v) is 20.7. The van der Waals surface area contributed by atoms with E-state index in [-0.39, 0.29) is 24.0 Å². The van der Waals surface area contributed by atoms with Crippen LogP contribution in [-0.2, 0) is 13.6 Å². The molecule has 1 aromatic heterocycles. The van der Waals surface area contributed by atoms with Gasteiger partial charge >= 0.3 is 0 Å². The van der Waals surface area contributed by atoms with Crippen LogP contribution in [0.3, 0.4) is 0 Å². The molecule has 0 radical (unpaired) electrons. The topological polar surface area (TPSA) is 73.1 Å². The minimum Gasteiger partial charge on any atom is -0.493 e. The average molecular weight is 529 g/mol. The van der Waals surface area contributed by atoms with Gasteiger partial charge in [-0.2, -0.15) is 5.10 Å². The Morgan fingerprint density at radius 2 is 1.90 bits per heavy atom. The van der Waals surface area contributed by atoms with Gasteiger partial charge in [0.25, 0.3) is 0 Å². The van der Waals surface area contributed by atoms with Crippen LogP contribution in [0.1, 0.15) is 30.4 Å². The molecule has 1 aromatic carbocycles. The number of rotatable bonds is 7. The minimum absolute atomic E-state index is 0. The molecule has 0 aliphatic carbocycles. The lowest BCUT2D eigenvalue weighted by atomic mass is 10.0. The summed E-state index contributed by atoms with van der Waals surface area (Å²) in [6.45, 7) is 5.34. The molecule has 0 spiro atoms. The first-order chi connectivity index (χ1) is 14.1. The van der Waals surface area contributed by atoms with E-state index in [0.29, 0.717) is 29.7 Å². The van der Waals surface area contributed by atoms with Gasteiger partial charge in [0.15, 0.2) is 17.5 Å². The number of halogens is 1. The number of guanidine groups is 1. The molecular weight excluding hydrogens is 497 g/mol. The standard InChI is InChI=1S/C21H31N5O3.HI/c1-6-22-21(26-8-7-16(14-26)17-12-24-25(2)13-17)23-11-15-9-18(27-3)20(29-5)19(10-15)28-4;/h9-10,12-13,16H,6-8,11,14H2,1-5H3,(H,22,23);1H. The smallest absolute Gasteiger partial charge is 0.203 e. The molecule has 1 aliphatic heterocycles. The average Bonchev–Trinajstić information content (AvgIpc) is 3.39. The number of hydrogen-bond donors (Lipinski definition) is 1. The molecule has 1 N–H and O–H groups in total. The van der Waals surface area contributed by atoms with Gasteiger partial charge in [0, 0.05) is 38.8 Å². The molecule has 8 nitrogen and oxygen atoms in total. The molecule has 30 heavy (non-hydrogen) atoms. The quantitative estimate of drug-likeness (QED) is 0.338. The van der Waals surface area contributed by atoms with Crippen LogP contribution in [-0.4, -0.2) is 61.6 Å². The maximum atomic E-state index is 5.45. The number of nitrogens with zero attached hydrogens (tertiary/aromatic N) is 4. The summed E-state index contributed by atoms with van der Waals surface area (Å²) in [6, 6.07) is 3.88. The fourth-order valence-corrected chi connectivity index (χ4v) is 3.69. The molecule has 0 amide bonds. The minimum atomic E-state index is 0. The van der Waals surface area contributed by atoms with Crippen molar-refractivity contribution in [2.24, 2.45) is 12.0 Å². The van der Waals surface area contributed by atoms with Crippen LogP contribution in [0.5, 0.6) is 17.2 Å². The van der Waals surface area contributed by atoms with E-state index in [1.807, 2.05) is 30.1 Å². The van der Waals surface area contributed by atoms with Gasteiger partial charge in [-0.15, -0.1) is 24.0 Å². The number of ether oxygens (including phenoxy) is 3. The van der Waals surface area contributed by atoms with E-state index >= 15 is 0 Å². The summed E-state index contributed by atoms with van der Waals surface area (Å²) < 4.78 is 18.2. The second kappa shape index (κ2) is 11.3. The SMILES string of the molecule is CCNC(=NCc1cc(OC)c(OC)c(OC)c1)N1CCC(c2cnn(C)c2)C1.I. The highest BCUT2D eigenvalue weighted by molar-refractivity contribution is 14.0. The Labute approximate surface area is 195 Å². The fraction of sp³-hybridized carbons (Fsp3) is 0.524. The van der Waals surface area contributed by atoms with Crippen LogP contribution in [0.25, 0.3) is 0 Å². The Hall–Kier alpha value is -2.17. The van der Waals surface area contributed by atoms with Crippen molar-refractivity contribution in [2.75, 3.05) is 41.0 Å². The second-order valence-corrected chi connectivity index (χ2v) is 7.08. The lowest BCUT2D eigenvalue weighted by Crippen LogP contribution is -2.40. The van der Waals surface area contributed by atoms with Gasteiger partial charge in [-0.25, -0.2) is 4.99 Å². The summed E-state index contributed by atoms with van der Waals surface area (Å²) in [5.41, 5.74) is 2.29. The molecule has 1 atom stereocenters. The first-order valence-corrected chi connectivity index (χ1v) is 9.90. The van der Waals surface area contributed by atoms with Gasteiger partial charge in [0.1, 0.15) is 0 Å². The van der Waals surface area contributed by atoms with Crippen molar-refractivity contribution in [1.82, 2.24) is 20.0 Å². The number of aromatic nitrogens is 2. The summed E-state index contributed by atoms with van der Waals surface area (Å²) in [4.78, 5) is 7.18. The largest absolute Gasteiger partial charge is 0.493 e. The highest BCUT2D eigenvalue weighted by Crippen LogP contribution is 2.38. The van der Waals surface area contributed by atoms with Crippen LogP contribution < -0.4 is 19.5 Å². The van der Waals surface area contributed by atoms with Gasteiger partial charge in [-0.05, 0) is 36.6 Å². The highest BCUT2D eigenvalue weighted by atomic mass is 127. The molecule has 2 aromatic rings. The van der Waals surface area contributed by atoms with E-state index in [1.54, 1.807) is 21.3 Å². The van der Waals surface area contributed by atoms with Crippen LogP contribution in [0.2, 0.25) is 0 Å². The highest BCUT2D eigenvalue weighted by Gasteiger charge is 2.27. The summed E-state index contributed by atoms with van der Waals surface area (Å²) >= 11 is 0. The molecule has 1 aliphatic rings. The molecule has 1 saturated heterocycles. The van der Waals surface area contributed by atoms with E-state index in [4.69, 9.17) is 19.2 Å². The number of aryl methyl sites for hydroxylation is 1. The Morgan fingerprint density at radius 1 is 1.20 bits per heavy atom. The molecule has 0 bridgehead atoms. The van der Waals surface area contributed by atoms with Crippen LogP contribution in [0, 0.1) is 0 Å². The first kappa shape index (κ1) is 24.1. The Kier molecular flexibility index (Phi) is 9.07. The molecule has 1 unspecified atom stereocenters. The molecule has 2 heterocycles. The van der Waals surface area contributed by atoms with Crippen molar-refractivity contribution in [2.45, 2.75) is 25.8 Å². The van der Waals surface area contributed by atoms with Gasteiger partial charge in [-0.3, -0.25) is 4.68 Å². The summed E-state index contributed by atoms with van der Waals surface area (Å²) in [5.74, 6) is 3.27. The number of nitrogens with one attached hydrogen (secondary N) is 1. The zero-order valence-electron chi connectivity index (χ0n) is 18.3. The Bertz CT molecular complexity index is 830. The third-order valence-corrected chi connectivity index (χ3v) is 5.15. The van der Waals surface area contributed by atoms with Crippen LogP contribution >= 0.6 is 24.0 Å². The number of hydrogen-bond acceptors (Lipinski definition) is 5. The second-order valence-electron chi connectivity index (χ2n) is 7.08. The number of benzene rings is 1. The Morgan fingerprint density at radius 3 is 2.43 bits per heavy atom. The number of methoxy groups -OCH3 is 3. The van der Waals surface area contributed by atoms with Crippen molar-refractivity contribution < 1.29 is 14.2 Å². The van der Waals surface area contributed by atoms with Gasteiger partial charge < -0.3 is 24.4 Å². The van der Waals surface area contributed by atoms with Crippen molar-refractivity contribution in [3.8, 4) is 17.2 Å². The van der Waals surface area contributed by atoms with E-state index < -0.39 is 0 Å². The molecule has 9 heteroatoms. The molecular formula is C21H32IN5O3. The van der Waals surface area contributed by atoms with Gasteiger partial charge in [0.05, 0.1) is 34.1 Å². The molecule has 1 fully saturated rings. The maximum absolute atomic E-state index is 5.45. The molecule has 0 saturated carbocycles. The third-order valence-electron chi connectivity index (χ3n) is 5.15. The van der Waals surface area contributed by atoms with E-state index in [1.165, 1.54) is 5.56 Å². The summed E-state index contributed by atoms with van der Waals surface area (Å²) in [6.07, 6.45) is 5.17. The monoisotopic (exact) mass is 529 g/mol. The summed E-state index contributed by atoms with van der Waals surface area (Å²) in [5, 5.41) is 7.73. The number of likely N-dealkylation sites (tertiary alicyclic amines) is 1. The first-order valence-electron chi connectivity index (χ1n) is 9.90. The van der Waals surface area contributed by atoms with Crippen molar-refractivity contribution in [1.29, 1.82) is 0 Å². The van der Waals surface area contributed by atoms with Crippen LogP contribution in [0.4, 0.5) is 0 Å². The van der Waals surface area contributed by atoms with Crippen molar-refractivity contribution >= 4 is 29.9 Å². The maximum Gasteiger partial charge on any atom is 0.203 e. The zero-order chi connectivity index (χ0) is 20.8. The van der Waals surface area contributed by atoms with E-state index in [9.17, 15) is 0 Å². The van der Waals surface area contributed by atoms with E-state index in [2.05, 4.69) is 28.4 Å². The normalized spacial score (nSPS) is 16.2. The third kappa shape index (κ3) is 5.50. The number of aliphatic imine (C=N–C) groups is 1. The van der Waals surface area contributed by atoms with Crippen LogP contribution in [0.15, 0.2) is 29.5 Å². The van der Waals surface area contributed by atoms with E-state index in [0.717, 1.165) is 37.6 Å². The predicted octanol–water partition coefficient (Wildman–Crippen LogP) is 3.02. The van der Waals surface area contributed by atoms with Crippen molar-refractivity contribution in [3.05, 3.63) is 35.7 Å². The van der Waals surface area contributed by atoms with Gasteiger partial charge in [0.2, 0.25) is 5.75 Å².